The van der Waals surface area contributed by atoms with Crippen molar-refractivity contribution >= 4 is 0 Å². The van der Waals surface area contributed by atoms with Crippen LogP contribution in [0.1, 0.15) is 5.56 Å². The third-order valence-corrected chi connectivity index (χ3v) is 2.21. The van der Waals surface area contributed by atoms with Crippen molar-refractivity contribution in [3.05, 3.63) is 35.4 Å². The Morgan fingerprint density at radius 1 is 1.29 bits per heavy atom. The van der Waals surface area contributed by atoms with Crippen LogP contribution >= 0.6 is 0 Å². The molecule has 0 aliphatic carbocycles. The fourth-order valence-corrected chi connectivity index (χ4v) is 1.37. The molecular weight excluding hydrogens is 230 g/mol. The van der Waals surface area contributed by atoms with Gasteiger partial charge in [-0.05, 0) is 23.8 Å². The van der Waals surface area contributed by atoms with Crippen LogP contribution in [0.3, 0.4) is 0 Å². The zero-order valence-corrected chi connectivity index (χ0v) is 9.66. The molecule has 3 nitrogen and oxygen atoms in total. The van der Waals surface area contributed by atoms with Crippen molar-refractivity contribution in [2.24, 2.45) is 0 Å². The predicted molar refractivity (Wildman–Crippen MR) is 58.8 cm³/mol. The van der Waals surface area contributed by atoms with Gasteiger partial charge >= 0.3 is 0 Å². The second-order valence-corrected chi connectivity index (χ2v) is 3.66. The second kappa shape index (κ2) is 7.32. The van der Waals surface area contributed by atoms with Gasteiger partial charge < -0.3 is 14.6 Å². The van der Waals surface area contributed by atoms with Crippen LogP contribution in [0.5, 0.6) is 0 Å². The number of hydrogen-bond donors (Lipinski definition) is 1. The van der Waals surface area contributed by atoms with Crippen molar-refractivity contribution in [3.8, 4) is 0 Å². The zero-order valence-electron chi connectivity index (χ0n) is 9.66. The Morgan fingerprint density at radius 3 is 2.76 bits per heavy atom. The molecule has 0 aromatic heterocycles. The average Bonchev–Trinajstić information content (AvgIpc) is 2.29. The number of rotatable bonds is 7. The molecule has 0 bridgehead atoms. The highest BCUT2D eigenvalue weighted by atomic mass is 19.1. The third kappa shape index (κ3) is 5.21. The van der Waals surface area contributed by atoms with Gasteiger partial charge in [-0.25, -0.2) is 8.78 Å². The first kappa shape index (κ1) is 14.0. The minimum absolute atomic E-state index is 0.0244. The number of halogens is 2. The van der Waals surface area contributed by atoms with Crippen molar-refractivity contribution in [2.75, 3.05) is 26.9 Å². The van der Waals surface area contributed by atoms with E-state index in [0.29, 0.717) is 13.2 Å². The summed E-state index contributed by atoms with van der Waals surface area (Å²) in [5, 5.41) is 9.56. The Bertz CT molecular complexity index is 345. The Morgan fingerprint density at radius 2 is 2.06 bits per heavy atom. The number of methoxy groups -OCH3 is 1. The van der Waals surface area contributed by atoms with Crippen molar-refractivity contribution in [3.63, 3.8) is 0 Å². The molecular formula is C12H16F2O3. The SMILES string of the molecule is COCCOCC(O)Cc1cc(F)ccc1F. The Kier molecular flexibility index (Phi) is 6.04. The molecule has 0 radical (unpaired) electrons. The lowest BCUT2D eigenvalue weighted by atomic mass is 10.1. The molecule has 1 aromatic carbocycles. The van der Waals surface area contributed by atoms with Gasteiger partial charge in [0.05, 0.1) is 25.9 Å². The van der Waals surface area contributed by atoms with Gasteiger partial charge in [-0.1, -0.05) is 0 Å². The normalized spacial score (nSPS) is 12.7. The van der Waals surface area contributed by atoms with Crippen molar-refractivity contribution < 1.29 is 23.4 Å². The fourth-order valence-electron chi connectivity index (χ4n) is 1.37. The molecule has 0 fully saturated rings. The van der Waals surface area contributed by atoms with Gasteiger partial charge in [-0.2, -0.15) is 0 Å². The molecule has 96 valence electrons. The summed E-state index contributed by atoms with van der Waals surface area (Å²) in [6.07, 6.45) is -0.834. The summed E-state index contributed by atoms with van der Waals surface area (Å²) in [7, 11) is 1.54. The molecule has 1 unspecified atom stereocenters. The fraction of sp³-hybridized carbons (Fsp3) is 0.500. The largest absolute Gasteiger partial charge is 0.390 e. The van der Waals surface area contributed by atoms with Gasteiger partial charge in [0.2, 0.25) is 0 Å². The molecule has 17 heavy (non-hydrogen) atoms. The molecule has 0 saturated carbocycles. The highest BCUT2D eigenvalue weighted by molar-refractivity contribution is 5.19. The number of benzene rings is 1. The summed E-state index contributed by atoms with van der Waals surface area (Å²) in [5.41, 5.74) is 0.146. The number of aliphatic hydroxyl groups excluding tert-OH is 1. The minimum Gasteiger partial charge on any atom is -0.390 e. The number of hydrogen-bond acceptors (Lipinski definition) is 3. The van der Waals surface area contributed by atoms with Crippen LogP contribution in [0, 0.1) is 11.6 Å². The summed E-state index contributed by atoms with van der Waals surface area (Å²) in [5.74, 6) is -1.05. The van der Waals surface area contributed by atoms with Crippen molar-refractivity contribution in [1.82, 2.24) is 0 Å². The summed E-state index contributed by atoms with van der Waals surface area (Å²) in [6, 6.07) is 3.16. The maximum absolute atomic E-state index is 13.2. The highest BCUT2D eigenvalue weighted by Crippen LogP contribution is 2.12. The summed E-state index contributed by atoms with van der Waals surface area (Å²) in [6.45, 7) is 0.861. The maximum atomic E-state index is 13.2. The van der Waals surface area contributed by atoms with E-state index in [9.17, 15) is 13.9 Å². The van der Waals surface area contributed by atoms with Crippen LogP contribution < -0.4 is 0 Å². The first-order chi connectivity index (χ1) is 8.13. The molecule has 1 aromatic rings. The highest BCUT2D eigenvalue weighted by Gasteiger charge is 2.10. The Hall–Kier alpha value is -1.04. The van der Waals surface area contributed by atoms with Crippen LogP contribution in [0.4, 0.5) is 8.78 Å². The summed E-state index contributed by atoms with van der Waals surface area (Å²) >= 11 is 0. The van der Waals surface area contributed by atoms with E-state index in [1.165, 1.54) is 0 Å². The van der Waals surface area contributed by atoms with E-state index in [1.807, 2.05) is 0 Å². The standard InChI is InChI=1S/C12H16F2O3/c1-16-4-5-17-8-11(15)7-9-6-10(13)2-3-12(9)14/h2-3,6,11,15H,4-5,7-8H2,1H3. The second-order valence-electron chi connectivity index (χ2n) is 3.66. The van der Waals surface area contributed by atoms with E-state index in [0.717, 1.165) is 18.2 Å². The molecule has 0 aliphatic heterocycles. The van der Waals surface area contributed by atoms with Crippen LogP contribution in [0.2, 0.25) is 0 Å². The van der Waals surface area contributed by atoms with Crippen molar-refractivity contribution in [1.29, 1.82) is 0 Å². The smallest absolute Gasteiger partial charge is 0.126 e. The molecule has 0 heterocycles. The third-order valence-electron chi connectivity index (χ3n) is 2.21. The van der Waals surface area contributed by atoms with E-state index in [1.54, 1.807) is 7.11 Å². The molecule has 5 heteroatoms. The molecule has 1 rings (SSSR count). The quantitative estimate of drug-likeness (QED) is 0.741. The van der Waals surface area contributed by atoms with E-state index in [2.05, 4.69) is 0 Å². The van der Waals surface area contributed by atoms with E-state index < -0.39 is 17.7 Å². The first-order valence-electron chi connectivity index (χ1n) is 5.32. The first-order valence-corrected chi connectivity index (χ1v) is 5.32. The van der Waals surface area contributed by atoms with Gasteiger partial charge in [0.15, 0.2) is 0 Å². The molecule has 0 saturated heterocycles. The Balaban J connectivity index is 2.39. The molecule has 0 amide bonds. The van der Waals surface area contributed by atoms with Crippen LogP contribution in [-0.4, -0.2) is 38.1 Å². The Labute approximate surface area is 99.0 Å². The lowest BCUT2D eigenvalue weighted by molar-refractivity contribution is 0.0134. The molecule has 0 aliphatic rings. The van der Waals surface area contributed by atoms with E-state index in [4.69, 9.17) is 9.47 Å². The van der Waals surface area contributed by atoms with Crippen LogP contribution in [-0.2, 0) is 15.9 Å². The molecule has 0 spiro atoms. The zero-order chi connectivity index (χ0) is 12.7. The van der Waals surface area contributed by atoms with E-state index in [-0.39, 0.29) is 18.6 Å². The van der Waals surface area contributed by atoms with Crippen LogP contribution in [0.25, 0.3) is 0 Å². The van der Waals surface area contributed by atoms with Gasteiger partial charge in [-0.3, -0.25) is 0 Å². The maximum Gasteiger partial charge on any atom is 0.126 e. The average molecular weight is 246 g/mol. The number of aliphatic hydroxyl groups is 1. The lowest BCUT2D eigenvalue weighted by Gasteiger charge is -2.11. The van der Waals surface area contributed by atoms with Gasteiger partial charge in [-0.15, -0.1) is 0 Å². The summed E-state index contributed by atoms with van der Waals surface area (Å²) < 4.78 is 35.9. The van der Waals surface area contributed by atoms with Crippen LogP contribution in [0.15, 0.2) is 18.2 Å². The van der Waals surface area contributed by atoms with Crippen molar-refractivity contribution in [2.45, 2.75) is 12.5 Å². The minimum atomic E-state index is -0.858. The lowest BCUT2D eigenvalue weighted by Crippen LogP contribution is -2.20. The number of ether oxygens (including phenoxy) is 2. The predicted octanol–water partition coefficient (Wildman–Crippen LogP) is 1.53. The summed E-state index contributed by atoms with van der Waals surface area (Å²) in [4.78, 5) is 0. The topological polar surface area (TPSA) is 38.7 Å². The monoisotopic (exact) mass is 246 g/mol. The van der Waals surface area contributed by atoms with E-state index >= 15 is 0 Å². The molecule has 1 N–H and O–H groups in total. The van der Waals surface area contributed by atoms with Gasteiger partial charge in [0.1, 0.15) is 11.6 Å². The van der Waals surface area contributed by atoms with Gasteiger partial charge in [0.25, 0.3) is 0 Å². The van der Waals surface area contributed by atoms with Gasteiger partial charge in [0, 0.05) is 13.5 Å². The molecule has 1 atom stereocenters.